The van der Waals surface area contributed by atoms with E-state index in [0.717, 1.165) is 11.3 Å². The minimum absolute atomic E-state index is 0.267. The van der Waals surface area contributed by atoms with E-state index in [1.807, 2.05) is 6.92 Å². The third-order valence-electron chi connectivity index (χ3n) is 2.07. The molecule has 0 bridgehead atoms. The van der Waals surface area contributed by atoms with E-state index in [-0.39, 0.29) is 6.54 Å². The van der Waals surface area contributed by atoms with Crippen molar-refractivity contribution in [2.75, 3.05) is 0 Å². The molecule has 2 aromatic heterocycles. The zero-order valence-electron chi connectivity index (χ0n) is 8.82. The Hall–Kier alpha value is -2.25. The molecule has 8 heteroatoms. The van der Waals surface area contributed by atoms with E-state index in [2.05, 4.69) is 20.6 Å². The van der Waals surface area contributed by atoms with E-state index < -0.39 is 5.97 Å². The first-order chi connectivity index (χ1) is 7.58. The van der Waals surface area contributed by atoms with Gasteiger partial charge in [0.15, 0.2) is 5.82 Å². The van der Waals surface area contributed by atoms with Crippen LogP contribution in [0.4, 0.5) is 0 Å². The summed E-state index contributed by atoms with van der Waals surface area (Å²) in [5, 5.41) is 23.7. The number of carboxylic acid groups (broad SMARTS) is 1. The second-order valence-corrected chi connectivity index (χ2v) is 3.36. The Morgan fingerprint density at radius 2 is 2.31 bits per heavy atom. The number of carboxylic acids is 1. The van der Waals surface area contributed by atoms with Gasteiger partial charge in [-0.2, -0.15) is 5.10 Å². The second-order valence-electron chi connectivity index (χ2n) is 3.36. The molecule has 2 heterocycles. The minimum atomic E-state index is -0.991. The van der Waals surface area contributed by atoms with Crippen LogP contribution in [0.2, 0.25) is 0 Å². The Morgan fingerprint density at radius 3 is 2.88 bits per heavy atom. The van der Waals surface area contributed by atoms with Crippen LogP contribution in [-0.2, 0) is 18.4 Å². The molecule has 16 heavy (non-hydrogen) atoms. The summed E-state index contributed by atoms with van der Waals surface area (Å²) in [7, 11) is 1.78. The Balaban J connectivity index is 2.44. The first kappa shape index (κ1) is 10.3. The number of tetrazole rings is 1. The van der Waals surface area contributed by atoms with E-state index in [1.165, 1.54) is 4.68 Å². The zero-order chi connectivity index (χ0) is 11.7. The van der Waals surface area contributed by atoms with Crippen molar-refractivity contribution in [2.24, 2.45) is 7.05 Å². The quantitative estimate of drug-likeness (QED) is 0.749. The molecule has 0 aliphatic heterocycles. The first-order valence-corrected chi connectivity index (χ1v) is 4.56. The van der Waals surface area contributed by atoms with Crippen LogP contribution in [0.1, 0.15) is 5.69 Å². The minimum Gasteiger partial charge on any atom is -0.480 e. The van der Waals surface area contributed by atoms with Crippen LogP contribution >= 0.6 is 0 Å². The highest BCUT2D eigenvalue weighted by Gasteiger charge is 2.15. The summed E-state index contributed by atoms with van der Waals surface area (Å²) < 4.78 is 2.86. The lowest BCUT2D eigenvalue weighted by atomic mass is 10.2. The molecule has 2 aromatic rings. The Labute approximate surface area is 90.5 Å². The number of hydrogen-bond acceptors (Lipinski definition) is 5. The molecule has 2 rings (SSSR count). The predicted octanol–water partition coefficient (Wildman–Crippen LogP) is -0.533. The molecule has 0 spiro atoms. The summed E-state index contributed by atoms with van der Waals surface area (Å²) in [4.78, 5) is 10.6. The highest BCUT2D eigenvalue weighted by atomic mass is 16.4. The van der Waals surface area contributed by atoms with E-state index in [9.17, 15) is 4.79 Å². The van der Waals surface area contributed by atoms with Gasteiger partial charge in [-0.05, 0) is 17.4 Å². The number of aromatic nitrogens is 6. The van der Waals surface area contributed by atoms with Crippen LogP contribution in [0.3, 0.4) is 0 Å². The average molecular weight is 222 g/mol. The molecular weight excluding hydrogens is 212 g/mol. The highest BCUT2D eigenvalue weighted by Crippen LogP contribution is 2.18. The summed E-state index contributed by atoms with van der Waals surface area (Å²) in [5.41, 5.74) is 1.48. The fourth-order valence-electron chi connectivity index (χ4n) is 1.45. The topological polar surface area (TPSA) is 98.7 Å². The lowest BCUT2D eigenvalue weighted by Crippen LogP contribution is -2.11. The summed E-state index contributed by atoms with van der Waals surface area (Å²) >= 11 is 0. The maximum atomic E-state index is 10.6. The lowest BCUT2D eigenvalue weighted by Gasteiger charge is -1.98. The molecule has 0 saturated carbocycles. The Kier molecular flexibility index (Phi) is 2.39. The summed E-state index contributed by atoms with van der Waals surface area (Å²) in [6, 6.07) is 0. The molecular formula is C8H10N6O2. The average Bonchev–Trinajstić information content (AvgIpc) is 2.72. The van der Waals surface area contributed by atoms with Gasteiger partial charge >= 0.3 is 5.97 Å². The van der Waals surface area contributed by atoms with Gasteiger partial charge in [-0.15, -0.1) is 5.10 Å². The molecule has 0 aliphatic rings. The maximum absolute atomic E-state index is 10.6. The van der Waals surface area contributed by atoms with Gasteiger partial charge < -0.3 is 5.11 Å². The number of hydrogen-bond donors (Lipinski definition) is 1. The van der Waals surface area contributed by atoms with Crippen LogP contribution in [0.15, 0.2) is 6.20 Å². The summed E-state index contributed by atoms with van der Waals surface area (Å²) in [5.74, 6) is -0.580. The molecule has 0 amide bonds. The smallest absolute Gasteiger partial charge is 0.325 e. The standard InChI is InChI=1S/C8H10N6O2/c1-5-6(3-13(2)10-5)8-9-11-12-14(8)4-7(15)16/h3H,4H2,1-2H3,(H,15,16). The molecule has 8 nitrogen and oxygen atoms in total. The van der Waals surface area contributed by atoms with Gasteiger partial charge in [-0.1, -0.05) is 0 Å². The van der Waals surface area contributed by atoms with Crippen molar-refractivity contribution in [3.63, 3.8) is 0 Å². The van der Waals surface area contributed by atoms with Crippen LogP contribution in [-0.4, -0.2) is 41.1 Å². The number of rotatable bonds is 3. The monoisotopic (exact) mass is 222 g/mol. The normalized spacial score (nSPS) is 10.6. The van der Waals surface area contributed by atoms with Gasteiger partial charge in [0, 0.05) is 13.2 Å². The van der Waals surface area contributed by atoms with E-state index in [4.69, 9.17) is 5.11 Å². The molecule has 0 aliphatic carbocycles. The Morgan fingerprint density at radius 1 is 1.56 bits per heavy atom. The molecule has 0 atom stereocenters. The Bertz CT molecular complexity index is 528. The molecule has 1 N–H and O–H groups in total. The van der Waals surface area contributed by atoms with Crippen LogP contribution < -0.4 is 0 Å². The van der Waals surface area contributed by atoms with Crippen LogP contribution in [0.25, 0.3) is 11.4 Å². The fraction of sp³-hybridized carbons (Fsp3) is 0.375. The number of aryl methyl sites for hydroxylation is 2. The summed E-state index contributed by atoms with van der Waals surface area (Å²) in [6.45, 7) is 1.55. The van der Waals surface area contributed by atoms with Gasteiger partial charge in [0.05, 0.1) is 11.3 Å². The van der Waals surface area contributed by atoms with Crippen molar-refractivity contribution in [3.05, 3.63) is 11.9 Å². The highest BCUT2D eigenvalue weighted by molar-refractivity contribution is 5.67. The number of aliphatic carboxylic acids is 1. The van der Waals surface area contributed by atoms with Crippen molar-refractivity contribution >= 4 is 5.97 Å². The predicted molar refractivity (Wildman–Crippen MR) is 52.4 cm³/mol. The zero-order valence-corrected chi connectivity index (χ0v) is 8.82. The molecule has 0 saturated heterocycles. The molecule has 0 fully saturated rings. The van der Waals surface area contributed by atoms with E-state index in [1.54, 1.807) is 17.9 Å². The number of carbonyl (C=O) groups is 1. The summed E-state index contributed by atoms with van der Waals surface area (Å²) in [6.07, 6.45) is 1.75. The van der Waals surface area contributed by atoms with Crippen LogP contribution in [0.5, 0.6) is 0 Å². The first-order valence-electron chi connectivity index (χ1n) is 4.56. The molecule has 0 unspecified atom stereocenters. The van der Waals surface area contributed by atoms with Gasteiger partial charge in [-0.25, -0.2) is 4.68 Å². The van der Waals surface area contributed by atoms with Crippen molar-refractivity contribution in [2.45, 2.75) is 13.5 Å². The van der Waals surface area contributed by atoms with Gasteiger partial charge in [-0.3, -0.25) is 9.48 Å². The van der Waals surface area contributed by atoms with E-state index in [0.29, 0.717) is 5.82 Å². The fourth-order valence-corrected chi connectivity index (χ4v) is 1.45. The maximum Gasteiger partial charge on any atom is 0.325 e. The number of nitrogens with zero attached hydrogens (tertiary/aromatic N) is 6. The van der Waals surface area contributed by atoms with Crippen molar-refractivity contribution in [1.29, 1.82) is 0 Å². The largest absolute Gasteiger partial charge is 0.480 e. The SMILES string of the molecule is Cc1nn(C)cc1-c1nnnn1CC(=O)O. The van der Waals surface area contributed by atoms with Crippen molar-refractivity contribution < 1.29 is 9.90 Å². The molecule has 84 valence electrons. The third-order valence-corrected chi connectivity index (χ3v) is 2.07. The van der Waals surface area contributed by atoms with Crippen molar-refractivity contribution in [3.8, 4) is 11.4 Å². The third kappa shape index (κ3) is 1.76. The molecule has 0 radical (unpaired) electrons. The van der Waals surface area contributed by atoms with Gasteiger partial charge in [0.25, 0.3) is 0 Å². The van der Waals surface area contributed by atoms with Crippen molar-refractivity contribution in [1.82, 2.24) is 30.0 Å². The van der Waals surface area contributed by atoms with Gasteiger partial charge in [0.2, 0.25) is 0 Å². The lowest BCUT2D eigenvalue weighted by molar-refractivity contribution is -0.137. The van der Waals surface area contributed by atoms with Gasteiger partial charge in [0.1, 0.15) is 6.54 Å². The van der Waals surface area contributed by atoms with E-state index >= 15 is 0 Å². The van der Waals surface area contributed by atoms with Crippen LogP contribution in [0, 0.1) is 6.92 Å². The second kappa shape index (κ2) is 3.72. The molecule has 0 aromatic carbocycles.